The molecule has 2 N–H and O–H groups in total. The fraction of sp³-hybridized carbons (Fsp3) is 0.786. The Morgan fingerprint density at radius 3 is 2.95 bits per heavy atom. The summed E-state index contributed by atoms with van der Waals surface area (Å²) < 4.78 is 7.04. The number of nitrogens with one attached hydrogen (secondary N) is 2. The van der Waals surface area contributed by atoms with E-state index in [1.54, 1.807) is 7.11 Å². The van der Waals surface area contributed by atoms with Gasteiger partial charge in [-0.15, -0.1) is 10.2 Å². The number of ether oxygens (including phenoxy) is 1. The highest BCUT2D eigenvalue weighted by Gasteiger charge is 2.15. The van der Waals surface area contributed by atoms with Crippen LogP contribution in [-0.4, -0.2) is 58.5 Å². The highest BCUT2D eigenvalue weighted by atomic mass is 32.2. The average Bonchev–Trinajstić information content (AvgIpc) is 3.14. The van der Waals surface area contributed by atoms with Crippen LogP contribution < -0.4 is 10.6 Å². The predicted molar refractivity (Wildman–Crippen MR) is 90.2 cm³/mol. The number of hydrogen-bond donors (Lipinski definition) is 2. The van der Waals surface area contributed by atoms with Gasteiger partial charge in [0.25, 0.3) is 0 Å². The fourth-order valence-corrected chi connectivity index (χ4v) is 3.40. The van der Waals surface area contributed by atoms with Crippen molar-refractivity contribution in [2.75, 3.05) is 32.6 Å². The van der Waals surface area contributed by atoms with Crippen LogP contribution >= 0.6 is 11.8 Å². The van der Waals surface area contributed by atoms with E-state index in [2.05, 4.69) is 25.8 Å². The zero-order chi connectivity index (χ0) is 15.8. The number of aliphatic imine (C=N–C) groups is 1. The Morgan fingerprint density at radius 2 is 2.32 bits per heavy atom. The molecule has 0 bridgehead atoms. The van der Waals surface area contributed by atoms with Gasteiger partial charge in [0.05, 0.1) is 6.61 Å². The third-order valence-corrected chi connectivity index (χ3v) is 5.08. The van der Waals surface area contributed by atoms with Gasteiger partial charge in [-0.2, -0.15) is 11.8 Å². The quantitative estimate of drug-likeness (QED) is 0.436. The molecule has 124 valence electrons. The van der Waals surface area contributed by atoms with E-state index >= 15 is 0 Å². The fourth-order valence-electron chi connectivity index (χ4n) is 2.20. The van der Waals surface area contributed by atoms with Crippen molar-refractivity contribution in [3.8, 4) is 0 Å². The van der Waals surface area contributed by atoms with E-state index in [1.807, 2.05) is 30.3 Å². The summed E-state index contributed by atoms with van der Waals surface area (Å²) in [6, 6.07) is 0. The lowest BCUT2D eigenvalue weighted by Gasteiger charge is -2.15. The second kappa shape index (κ2) is 8.99. The highest BCUT2D eigenvalue weighted by Crippen LogP contribution is 2.25. The summed E-state index contributed by atoms with van der Waals surface area (Å²) in [5.74, 6) is 3.84. The van der Waals surface area contributed by atoms with E-state index in [-0.39, 0.29) is 0 Å². The Bertz CT molecular complexity index is 484. The zero-order valence-corrected chi connectivity index (χ0v) is 14.4. The minimum atomic E-state index is 0.511. The molecular formula is C14H26N6OS. The number of guanidine groups is 1. The average molecular weight is 326 g/mol. The topological polar surface area (TPSA) is 76.4 Å². The van der Waals surface area contributed by atoms with Gasteiger partial charge in [-0.3, -0.25) is 0 Å². The third kappa shape index (κ3) is 5.17. The molecule has 7 nitrogen and oxygen atoms in total. The smallest absolute Gasteiger partial charge is 0.191 e. The summed E-state index contributed by atoms with van der Waals surface area (Å²) >= 11 is 2.04. The highest BCUT2D eigenvalue weighted by molar-refractivity contribution is 8.00. The number of aromatic nitrogens is 3. The van der Waals surface area contributed by atoms with Crippen molar-refractivity contribution in [1.29, 1.82) is 0 Å². The second-order valence-corrected chi connectivity index (χ2v) is 6.73. The van der Waals surface area contributed by atoms with Crippen molar-refractivity contribution in [3.63, 3.8) is 0 Å². The molecule has 0 amide bonds. The van der Waals surface area contributed by atoms with E-state index in [0.717, 1.165) is 30.7 Å². The van der Waals surface area contributed by atoms with Crippen LogP contribution in [0, 0.1) is 6.92 Å². The molecule has 1 unspecified atom stereocenters. The van der Waals surface area contributed by atoms with Crippen molar-refractivity contribution in [2.45, 2.75) is 31.6 Å². The van der Waals surface area contributed by atoms with Crippen LogP contribution in [0.5, 0.6) is 0 Å². The minimum absolute atomic E-state index is 0.511. The number of hydrogen-bond acceptors (Lipinski definition) is 5. The second-order valence-electron chi connectivity index (χ2n) is 5.32. The first-order valence-electron chi connectivity index (χ1n) is 7.68. The van der Waals surface area contributed by atoms with E-state index in [9.17, 15) is 0 Å². The Morgan fingerprint density at radius 1 is 1.45 bits per heavy atom. The molecule has 0 saturated carbocycles. The van der Waals surface area contributed by atoms with Gasteiger partial charge in [-0.1, -0.05) is 0 Å². The summed E-state index contributed by atoms with van der Waals surface area (Å²) in [6.45, 7) is 4.78. The Hall–Kier alpha value is -1.28. The minimum Gasteiger partial charge on any atom is -0.383 e. The first-order chi connectivity index (χ1) is 10.7. The molecule has 1 aromatic rings. The Kier molecular flexibility index (Phi) is 6.98. The monoisotopic (exact) mass is 326 g/mol. The van der Waals surface area contributed by atoms with Crippen molar-refractivity contribution in [2.24, 2.45) is 12.0 Å². The van der Waals surface area contributed by atoms with Gasteiger partial charge in [0.1, 0.15) is 12.4 Å². The molecule has 1 atom stereocenters. The van der Waals surface area contributed by atoms with Gasteiger partial charge in [0.15, 0.2) is 11.8 Å². The summed E-state index contributed by atoms with van der Waals surface area (Å²) in [5.41, 5.74) is 0. The van der Waals surface area contributed by atoms with Crippen LogP contribution in [0.3, 0.4) is 0 Å². The molecule has 1 aliphatic heterocycles. The predicted octanol–water partition coefficient (Wildman–Crippen LogP) is 0.701. The number of thioether (sulfide) groups is 1. The normalized spacial score (nSPS) is 18.7. The van der Waals surface area contributed by atoms with Gasteiger partial charge in [-0.25, -0.2) is 4.99 Å². The molecule has 0 spiro atoms. The van der Waals surface area contributed by atoms with E-state index in [4.69, 9.17) is 4.74 Å². The molecule has 1 aromatic heterocycles. The molecule has 0 aromatic carbocycles. The molecule has 0 radical (unpaired) electrons. The molecule has 2 heterocycles. The van der Waals surface area contributed by atoms with Crippen molar-refractivity contribution < 1.29 is 4.74 Å². The van der Waals surface area contributed by atoms with Gasteiger partial charge in [-0.05, 0) is 25.5 Å². The van der Waals surface area contributed by atoms with E-state index in [0.29, 0.717) is 18.4 Å². The maximum absolute atomic E-state index is 5.08. The van der Waals surface area contributed by atoms with Crippen LogP contribution in [0.15, 0.2) is 4.99 Å². The number of aryl methyl sites for hydroxylation is 1. The first kappa shape index (κ1) is 17.1. The van der Waals surface area contributed by atoms with Gasteiger partial charge < -0.3 is 19.9 Å². The van der Waals surface area contributed by atoms with Gasteiger partial charge >= 0.3 is 0 Å². The first-order valence-corrected chi connectivity index (χ1v) is 8.73. The molecular weight excluding hydrogens is 300 g/mol. The van der Waals surface area contributed by atoms with Crippen LogP contribution in [0.4, 0.5) is 0 Å². The Balaban J connectivity index is 1.89. The molecule has 1 fully saturated rings. The van der Waals surface area contributed by atoms with Crippen molar-refractivity contribution >= 4 is 17.7 Å². The molecule has 1 aliphatic rings. The lowest BCUT2D eigenvalue weighted by Crippen LogP contribution is -2.41. The van der Waals surface area contributed by atoms with Crippen LogP contribution in [0.2, 0.25) is 0 Å². The molecule has 22 heavy (non-hydrogen) atoms. The van der Waals surface area contributed by atoms with E-state index < -0.39 is 0 Å². The number of methoxy groups -OCH3 is 1. The summed E-state index contributed by atoms with van der Waals surface area (Å²) in [5, 5.41) is 15.6. The van der Waals surface area contributed by atoms with Crippen molar-refractivity contribution in [1.82, 2.24) is 25.4 Å². The molecule has 1 saturated heterocycles. The van der Waals surface area contributed by atoms with Gasteiger partial charge in [0.2, 0.25) is 0 Å². The lowest BCUT2D eigenvalue weighted by atomic mass is 10.2. The standard InChI is InChI=1S/C14H26N6OS/c1-11-18-19-13(20(11)2)10-17-14(15-6-7-21-3)16-9-12-5-4-8-22-12/h12H,4-10H2,1-3H3,(H2,15,16,17). The van der Waals surface area contributed by atoms with Crippen molar-refractivity contribution in [3.05, 3.63) is 11.6 Å². The van der Waals surface area contributed by atoms with Crippen LogP contribution in [-0.2, 0) is 18.3 Å². The maximum atomic E-state index is 5.08. The van der Waals surface area contributed by atoms with Crippen LogP contribution in [0.1, 0.15) is 24.5 Å². The van der Waals surface area contributed by atoms with Crippen LogP contribution in [0.25, 0.3) is 0 Å². The van der Waals surface area contributed by atoms with E-state index in [1.165, 1.54) is 18.6 Å². The summed E-state index contributed by atoms with van der Waals surface area (Å²) in [4.78, 5) is 4.61. The number of nitrogens with zero attached hydrogens (tertiary/aromatic N) is 4. The zero-order valence-electron chi connectivity index (χ0n) is 13.6. The van der Waals surface area contributed by atoms with Gasteiger partial charge in [0, 0.05) is 32.5 Å². The molecule has 0 aliphatic carbocycles. The maximum Gasteiger partial charge on any atom is 0.191 e. The Labute approximate surface area is 136 Å². The number of rotatable bonds is 7. The lowest BCUT2D eigenvalue weighted by molar-refractivity contribution is 0.203. The molecule has 2 rings (SSSR count). The summed E-state index contributed by atoms with van der Waals surface area (Å²) in [7, 11) is 3.66. The third-order valence-electron chi connectivity index (χ3n) is 3.68. The largest absolute Gasteiger partial charge is 0.383 e. The SMILES string of the molecule is COCCNC(=NCc1nnc(C)n1C)NCC1CCCS1. The molecule has 8 heteroatoms. The summed E-state index contributed by atoms with van der Waals surface area (Å²) in [6.07, 6.45) is 2.60.